The molecule has 1 unspecified atom stereocenters. The van der Waals surface area contributed by atoms with Crippen LogP contribution >= 0.6 is 0 Å². The van der Waals surface area contributed by atoms with Crippen LogP contribution < -0.4 is 4.72 Å². The van der Waals surface area contributed by atoms with E-state index in [9.17, 15) is 8.42 Å². The van der Waals surface area contributed by atoms with Crippen molar-refractivity contribution in [3.63, 3.8) is 0 Å². The summed E-state index contributed by atoms with van der Waals surface area (Å²) in [6.45, 7) is 4.58. The van der Waals surface area contributed by atoms with Crippen molar-refractivity contribution in [3.05, 3.63) is 36.1 Å². The number of nitrogens with zero attached hydrogens (tertiary/aromatic N) is 1. The van der Waals surface area contributed by atoms with E-state index < -0.39 is 10.0 Å². The Bertz CT molecular complexity index is 798. The smallest absolute Gasteiger partial charge is 0.211 e. The van der Waals surface area contributed by atoms with E-state index in [1.165, 1.54) is 0 Å². The van der Waals surface area contributed by atoms with Crippen LogP contribution in [0.25, 0.3) is 11.0 Å². The SMILES string of the molecule is CCCS(=O)(=O)NC1[C@@H]2CC[C@H]1CN(Cc1cc3ccccc3o1)C2. The van der Waals surface area contributed by atoms with Crippen LogP contribution in [0.3, 0.4) is 0 Å². The van der Waals surface area contributed by atoms with Crippen LogP contribution in [0.4, 0.5) is 0 Å². The molecule has 25 heavy (non-hydrogen) atoms. The average Bonchev–Trinajstić information content (AvgIpc) is 3.04. The van der Waals surface area contributed by atoms with E-state index in [2.05, 4.69) is 21.8 Å². The minimum Gasteiger partial charge on any atom is -0.460 e. The second-order valence-electron chi connectivity index (χ2n) is 7.50. The number of fused-ring (bicyclic) bond motifs is 3. The van der Waals surface area contributed by atoms with E-state index in [1.807, 2.05) is 25.1 Å². The molecular formula is C19H26N2O3S. The number of rotatable bonds is 6. The summed E-state index contributed by atoms with van der Waals surface area (Å²) >= 11 is 0. The molecule has 5 nitrogen and oxygen atoms in total. The van der Waals surface area contributed by atoms with Crippen LogP contribution in [0.15, 0.2) is 34.7 Å². The predicted molar refractivity (Wildman–Crippen MR) is 98.7 cm³/mol. The summed E-state index contributed by atoms with van der Waals surface area (Å²) in [5.74, 6) is 2.04. The Kier molecular flexibility index (Phi) is 4.60. The van der Waals surface area contributed by atoms with E-state index in [1.54, 1.807) is 0 Å². The Morgan fingerprint density at radius 1 is 1.20 bits per heavy atom. The summed E-state index contributed by atoms with van der Waals surface area (Å²) in [5, 5.41) is 1.14. The molecule has 1 aliphatic carbocycles. The fraction of sp³-hybridized carbons (Fsp3) is 0.579. The molecule has 1 aromatic carbocycles. The third-order valence-electron chi connectivity index (χ3n) is 5.55. The van der Waals surface area contributed by atoms with Crippen molar-refractivity contribution in [1.29, 1.82) is 0 Å². The minimum absolute atomic E-state index is 0.114. The van der Waals surface area contributed by atoms with Crippen molar-refractivity contribution < 1.29 is 12.8 Å². The molecule has 1 aromatic heterocycles. The fourth-order valence-corrected chi connectivity index (χ4v) is 5.97. The molecule has 2 fully saturated rings. The number of sulfonamides is 1. The van der Waals surface area contributed by atoms with Gasteiger partial charge in [-0.05, 0) is 43.2 Å². The highest BCUT2D eigenvalue weighted by Gasteiger charge is 2.43. The van der Waals surface area contributed by atoms with Gasteiger partial charge in [0.05, 0.1) is 12.3 Å². The highest BCUT2D eigenvalue weighted by molar-refractivity contribution is 7.89. The van der Waals surface area contributed by atoms with E-state index >= 15 is 0 Å². The Morgan fingerprint density at radius 2 is 1.92 bits per heavy atom. The van der Waals surface area contributed by atoms with Gasteiger partial charge in [0.2, 0.25) is 10.0 Å². The maximum Gasteiger partial charge on any atom is 0.211 e. The maximum atomic E-state index is 12.1. The van der Waals surface area contributed by atoms with E-state index in [4.69, 9.17) is 4.42 Å². The summed E-state index contributed by atoms with van der Waals surface area (Å²) in [5.41, 5.74) is 0.933. The molecule has 0 amide bonds. The summed E-state index contributed by atoms with van der Waals surface area (Å²) in [7, 11) is -3.14. The molecule has 2 aromatic rings. The number of hydrogen-bond donors (Lipinski definition) is 1. The lowest BCUT2D eigenvalue weighted by Gasteiger charge is -2.37. The van der Waals surface area contributed by atoms with Gasteiger partial charge in [0, 0.05) is 24.5 Å². The lowest BCUT2D eigenvalue weighted by atomic mass is 9.93. The van der Waals surface area contributed by atoms with Gasteiger partial charge in [-0.1, -0.05) is 25.1 Å². The largest absolute Gasteiger partial charge is 0.460 e. The number of benzene rings is 1. The summed E-state index contributed by atoms with van der Waals surface area (Å²) in [4.78, 5) is 2.42. The average molecular weight is 362 g/mol. The Hall–Kier alpha value is -1.37. The van der Waals surface area contributed by atoms with Gasteiger partial charge in [-0.15, -0.1) is 0 Å². The Labute approximate surface area is 149 Å². The van der Waals surface area contributed by atoms with Gasteiger partial charge < -0.3 is 4.42 Å². The van der Waals surface area contributed by atoms with Crippen molar-refractivity contribution >= 4 is 21.0 Å². The third-order valence-corrected chi connectivity index (χ3v) is 7.13. The highest BCUT2D eigenvalue weighted by Crippen LogP contribution is 2.38. The molecule has 1 saturated carbocycles. The first-order valence-electron chi connectivity index (χ1n) is 9.24. The molecule has 1 N–H and O–H groups in total. The quantitative estimate of drug-likeness (QED) is 0.858. The van der Waals surface area contributed by atoms with Crippen LogP contribution in [-0.2, 0) is 16.6 Å². The van der Waals surface area contributed by atoms with Gasteiger partial charge in [-0.25, -0.2) is 13.1 Å². The lowest BCUT2D eigenvalue weighted by Crippen LogP contribution is -2.52. The second kappa shape index (κ2) is 6.74. The van der Waals surface area contributed by atoms with Crippen molar-refractivity contribution in [3.8, 4) is 0 Å². The lowest BCUT2D eigenvalue weighted by molar-refractivity contribution is 0.126. The molecule has 2 bridgehead atoms. The van der Waals surface area contributed by atoms with Crippen LogP contribution in [0.1, 0.15) is 31.9 Å². The first-order valence-corrected chi connectivity index (χ1v) is 10.9. The number of hydrogen-bond acceptors (Lipinski definition) is 4. The zero-order valence-electron chi connectivity index (χ0n) is 14.6. The summed E-state index contributed by atoms with van der Waals surface area (Å²) < 4.78 is 33.2. The van der Waals surface area contributed by atoms with E-state index in [-0.39, 0.29) is 11.8 Å². The van der Waals surface area contributed by atoms with E-state index in [0.29, 0.717) is 18.3 Å². The van der Waals surface area contributed by atoms with Gasteiger partial charge in [0.25, 0.3) is 0 Å². The maximum absolute atomic E-state index is 12.1. The van der Waals surface area contributed by atoms with Gasteiger partial charge >= 0.3 is 0 Å². The van der Waals surface area contributed by atoms with Gasteiger partial charge in [-0.3, -0.25) is 4.90 Å². The molecule has 2 aliphatic rings. The summed E-state index contributed by atoms with van der Waals surface area (Å²) in [6.07, 6.45) is 2.89. The Balaban J connectivity index is 1.42. The van der Waals surface area contributed by atoms with Crippen LogP contribution in [0, 0.1) is 11.8 Å². The second-order valence-corrected chi connectivity index (χ2v) is 9.38. The van der Waals surface area contributed by atoms with Crippen LogP contribution in [-0.4, -0.2) is 38.2 Å². The zero-order valence-corrected chi connectivity index (χ0v) is 15.5. The predicted octanol–water partition coefficient (Wildman–Crippen LogP) is 2.97. The number of para-hydroxylation sites is 1. The van der Waals surface area contributed by atoms with Crippen LogP contribution in [0.5, 0.6) is 0 Å². The monoisotopic (exact) mass is 362 g/mol. The molecule has 4 rings (SSSR count). The van der Waals surface area contributed by atoms with Gasteiger partial charge in [0.15, 0.2) is 0 Å². The third kappa shape index (κ3) is 3.61. The fourth-order valence-electron chi connectivity index (χ4n) is 4.51. The molecule has 1 saturated heterocycles. The van der Waals surface area contributed by atoms with Gasteiger partial charge in [-0.2, -0.15) is 0 Å². The normalized spacial score (nSPS) is 27.2. The number of piperidine rings is 1. The van der Waals surface area contributed by atoms with E-state index in [0.717, 1.165) is 49.2 Å². The Morgan fingerprint density at radius 3 is 2.60 bits per heavy atom. The molecule has 3 atom stereocenters. The topological polar surface area (TPSA) is 62.6 Å². The molecule has 0 radical (unpaired) electrons. The van der Waals surface area contributed by atoms with Crippen LogP contribution in [0.2, 0.25) is 0 Å². The minimum atomic E-state index is -3.14. The van der Waals surface area contributed by atoms with Crippen molar-refractivity contribution in [2.75, 3.05) is 18.8 Å². The number of nitrogens with one attached hydrogen (secondary N) is 1. The molecule has 2 heterocycles. The zero-order chi connectivity index (χ0) is 17.4. The molecule has 1 aliphatic heterocycles. The summed E-state index contributed by atoms with van der Waals surface area (Å²) in [6, 6.07) is 10.3. The molecular weight excluding hydrogens is 336 g/mol. The van der Waals surface area contributed by atoms with Crippen molar-refractivity contribution in [2.45, 2.75) is 38.8 Å². The number of likely N-dealkylation sites (tertiary alicyclic amines) is 1. The first-order chi connectivity index (χ1) is 12.0. The first kappa shape index (κ1) is 17.1. The molecule has 136 valence electrons. The highest BCUT2D eigenvalue weighted by atomic mass is 32.2. The molecule has 6 heteroatoms. The number of furan rings is 1. The standard InChI is InChI=1S/C19H26N2O3S/c1-2-9-25(22,23)20-19-15-7-8-16(19)12-21(11-15)13-17-10-14-5-3-4-6-18(14)24-17/h3-6,10,15-16,19-20H,2,7-9,11-13H2,1H3/t15-,16+,19?. The van der Waals surface area contributed by atoms with Gasteiger partial charge in [0.1, 0.15) is 11.3 Å². The van der Waals surface area contributed by atoms with Crippen molar-refractivity contribution in [2.24, 2.45) is 11.8 Å². The molecule has 0 spiro atoms. The van der Waals surface area contributed by atoms with Crippen molar-refractivity contribution in [1.82, 2.24) is 9.62 Å².